The summed E-state index contributed by atoms with van der Waals surface area (Å²) < 4.78 is 5.58. The van der Waals surface area contributed by atoms with E-state index in [1.807, 2.05) is 31.2 Å². The van der Waals surface area contributed by atoms with Gasteiger partial charge >= 0.3 is 5.97 Å². The highest BCUT2D eigenvalue weighted by atomic mass is 16.5. The molecule has 0 aliphatic carbocycles. The average molecular weight is 245 g/mol. The number of nitrogens with zero attached hydrogens (tertiary/aromatic N) is 1. The molecule has 0 saturated heterocycles. The third kappa shape index (κ3) is 2.42. The van der Waals surface area contributed by atoms with Crippen LogP contribution in [0.5, 0.6) is 5.75 Å². The van der Waals surface area contributed by atoms with E-state index in [9.17, 15) is 4.79 Å². The van der Waals surface area contributed by atoms with E-state index in [-0.39, 0.29) is 0 Å². The summed E-state index contributed by atoms with van der Waals surface area (Å²) in [5, 5.41) is 9.87. The van der Waals surface area contributed by atoms with Crippen LogP contribution >= 0.6 is 0 Å². The van der Waals surface area contributed by atoms with Crippen molar-refractivity contribution in [2.45, 2.75) is 26.4 Å². The molecule has 0 amide bonds. The Balaban J connectivity index is 2.46. The zero-order valence-electron chi connectivity index (χ0n) is 10.4. The maximum absolute atomic E-state index is 11.0. The number of rotatable bonds is 4. The van der Waals surface area contributed by atoms with E-state index in [4.69, 9.17) is 9.84 Å². The summed E-state index contributed by atoms with van der Waals surface area (Å²) in [5.74, 6) is -0.372. The van der Waals surface area contributed by atoms with Crippen molar-refractivity contribution >= 4 is 16.9 Å². The molecule has 1 N–H and O–H groups in total. The van der Waals surface area contributed by atoms with Crippen LogP contribution in [0.3, 0.4) is 0 Å². The number of aliphatic carboxylic acids is 1. The van der Waals surface area contributed by atoms with Crippen molar-refractivity contribution in [2.24, 2.45) is 0 Å². The topological polar surface area (TPSA) is 59.4 Å². The third-order valence-corrected chi connectivity index (χ3v) is 2.72. The van der Waals surface area contributed by atoms with Crippen molar-refractivity contribution in [1.82, 2.24) is 4.98 Å². The summed E-state index contributed by atoms with van der Waals surface area (Å²) in [6.07, 6.45) is -0.402. The summed E-state index contributed by atoms with van der Waals surface area (Å²) in [4.78, 5) is 15.4. The van der Waals surface area contributed by atoms with Gasteiger partial charge in [-0.3, -0.25) is 4.98 Å². The molecule has 4 nitrogen and oxygen atoms in total. The van der Waals surface area contributed by atoms with E-state index in [1.54, 1.807) is 13.0 Å². The Hall–Kier alpha value is -2.10. The Morgan fingerprint density at radius 3 is 2.83 bits per heavy atom. The first kappa shape index (κ1) is 12.4. The molecular weight excluding hydrogens is 230 g/mol. The van der Waals surface area contributed by atoms with Gasteiger partial charge in [0.1, 0.15) is 5.75 Å². The van der Waals surface area contributed by atoms with Crippen LogP contribution in [0, 0.1) is 6.92 Å². The van der Waals surface area contributed by atoms with Gasteiger partial charge in [0, 0.05) is 17.1 Å². The molecule has 18 heavy (non-hydrogen) atoms. The number of carbonyl (C=O) groups is 1. The number of para-hydroxylation sites is 1. The highest BCUT2D eigenvalue weighted by Gasteiger charge is 2.18. The predicted molar refractivity (Wildman–Crippen MR) is 68.8 cm³/mol. The molecule has 1 unspecified atom stereocenters. The molecule has 0 saturated carbocycles. The number of aromatic nitrogens is 1. The fraction of sp³-hybridized carbons (Fsp3) is 0.286. The molecule has 0 aliphatic heterocycles. The van der Waals surface area contributed by atoms with E-state index >= 15 is 0 Å². The molecule has 1 heterocycles. The van der Waals surface area contributed by atoms with Gasteiger partial charge in [0.05, 0.1) is 5.52 Å². The van der Waals surface area contributed by atoms with Crippen LogP contribution < -0.4 is 4.74 Å². The average Bonchev–Trinajstić information content (AvgIpc) is 2.35. The molecule has 0 radical (unpaired) electrons. The van der Waals surface area contributed by atoms with Gasteiger partial charge in [-0.2, -0.15) is 0 Å². The minimum absolute atomic E-state index is 0.422. The largest absolute Gasteiger partial charge is 0.479 e. The summed E-state index contributed by atoms with van der Waals surface area (Å²) >= 11 is 0. The number of pyridine rings is 1. The highest BCUT2D eigenvalue weighted by Crippen LogP contribution is 2.26. The zero-order valence-corrected chi connectivity index (χ0v) is 10.4. The van der Waals surface area contributed by atoms with Crippen molar-refractivity contribution in [3.05, 3.63) is 36.0 Å². The van der Waals surface area contributed by atoms with Gasteiger partial charge in [-0.05, 0) is 25.5 Å². The van der Waals surface area contributed by atoms with Crippen molar-refractivity contribution < 1.29 is 14.6 Å². The number of ether oxygens (including phenoxy) is 1. The van der Waals surface area contributed by atoms with Gasteiger partial charge in [0.15, 0.2) is 6.10 Å². The van der Waals surface area contributed by atoms with E-state index in [1.165, 1.54) is 0 Å². The smallest absolute Gasteiger partial charge is 0.344 e. The Labute approximate surface area is 105 Å². The summed E-state index contributed by atoms with van der Waals surface area (Å²) in [6, 6.07) is 9.32. The van der Waals surface area contributed by atoms with Crippen LogP contribution in [0.15, 0.2) is 30.3 Å². The first-order chi connectivity index (χ1) is 8.61. The number of aryl methyl sites for hydroxylation is 1. The molecule has 0 bridgehead atoms. The maximum Gasteiger partial charge on any atom is 0.344 e. The van der Waals surface area contributed by atoms with Gasteiger partial charge < -0.3 is 9.84 Å². The molecule has 1 aromatic carbocycles. The van der Waals surface area contributed by atoms with Crippen LogP contribution in [0.2, 0.25) is 0 Å². The number of carboxylic acid groups (broad SMARTS) is 1. The number of hydrogen-bond donors (Lipinski definition) is 1. The van der Waals surface area contributed by atoms with Crippen LogP contribution in [-0.4, -0.2) is 22.2 Å². The van der Waals surface area contributed by atoms with Crippen LogP contribution in [-0.2, 0) is 4.79 Å². The lowest BCUT2D eigenvalue weighted by molar-refractivity contribution is -0.145. The van der Waals surface area contributed by atoms with Crippen molar-refractivity contribution in [3.8, 4) is 5.75 Å². The minimum atomic E-state index is -0.948. The molecule has 1 atom stereocenters. The second-order valence-electron chi connectivity index (χ2n) is 4.13. The summed E-state index contributed by atoms with van der Waals surface area (Å²) in [7, 11) is 0. The second kappa shape index (κ2) is 5.04. The Bertz CT molecular complexity index is 580. The molecule has 0 fully saturated rings. The maximum atomic E-state index is 11.0. The number of hydrogen-bond acceptors (Lipinski definition) is 3. The third-order valence-electron chi connectivity index (χ3n) is 2.72. The molecular formula is C14H15NO3. The van der Waals surface area contributed by atoms with E-state index in [0.717, 1.165) is 16.6 Å². The molecule has 2 rings (SSSR count). The lowest BCUT2D eigenvalue weighted by Crippen LogP contribution is -2.26. The van der Waals surface area contributed by atoms with E-state index in [2.05, 4.69) is 4.98 Å². The fourth-order valence-electron chi connectivity index (χ4n) is 1.83. The monoisotopic (exact) mass is 245 g/mol. The first-order valence-electron chi connectivity index (χ1n) is 5.87. The standard InChI is InChI=1S/C14H15NO3/c1-3-12(14(16)17)18-13-8-9(2)15-11-7-5-4-6-10(11)13/h4-8,12H,3H2,1-2H3,(H,16,17). The lowest BCUT2D eigenvalue weighted by Gasteiger charge is -2.15. The van der Waals surface area contributed by atoms with E-state index in [0.29, 0.717) is 12.2 Å². The van der Waals surface area contributed by atoms with E-state index < -0.39 is 12.1 Å². The van der Waals surface area contributed by atoms with Crippen LogP contribution in [0.25, 0.3) is 10.9 Å². The highest BCUT2D eigenvalue weighted by molar-refractivity contribution is 5.85. The summed E-state index contributed by atoms with van der Waals surface area (Å²) in [5.41, 5.74) is 1.62. The van der Waals surface area contributed by atoms with Gasteiger partial charge in [-0.15, -0.1) is 0 Å². The van der Waals surface area contributed by atoms with Crippen LogP contribution in [0.1, 0.15) is 19.0 Å². The fourth-order valence-corrected chi connectivity index (χ4v) is 1.83. The second-order valence-corrected chi connectivity index (χ2v) is 4.13. The number of benzene rings is 1. The van der Waals surface area contributed by atoms with Gasteiger partial charge in [-0.1, -0.05) is 19.1 Å². The number of carboxylic acids is 1. The minimum Gasteiger partial charge on any atom is -0.479 e. The lowest BCUT2D eigenvalue weighted by atomic mass is 10.2. The quantitative estimate of drug-likeness (QED) is 0.899. The van der Waals surface area contributed by atoms with Crippen molar-refractivity contribution in [1.29, 1.82) is 0 Å². The molecule has 94 valence electrons. The Morgan fingerprint density at radius 1 is 1.44 bits per heavy atom. The molecule has 1 aromatic heterocycles. The first-order valence-corrected chi connectivity index (χ1v) is 5.87. The van der Waals surface area contributed by atoms with Gasteiger partial charge in [0.25, 0.3) is 0 Å². The Kier molecular flexibility index (Phi) is 3.46. The zero-order chi connectivity index (χ0) is 13.1. The SMILES string of the molecule is CCC(Oc1cc(C)nc2ccccc12)C(=O)O. The van der Waals surface area contributed by atoms with Gasteiger partial charge in [0.2, 0.25) is 0 Å². The molecule has 0 aliphatic rings. The Morgan fingerprint density at radius 2 is 2.17 bits per heavy atom. The van der Waals surface area contributed by atoms with Crippen molar-refractivity contribution in [2.75, 3.05) is 0 Å². The van der Waals surface area contributed by atoms with Gasteiger partial charge in [-0.25, -0.2) is 4.79 Å². The number of fused-ring (bicyclic) bond motifs is 1. The van der Waals surface area contributed by atoms with Crippen LogP contribution in [0.4, 0.5) is 0 Å². The van der Waals surface area contributed by atoms with Crippen molar-refractivity contribution in [3.63, 3.8) is 0 Å². The molecule has 4 heteroatoms. The summed E-state index contributed by atoms with van der Waals surface area (Å²) in [6.45, 7) is 3.65. The normalized spacial score (nSPS) is 12.3. The predicted octanol–water partition coefficient (Wildman–Crippen LogP) is 2.79. The molecule has 0 spiro atoms. The molecule has 2 aromatic rings.